The fraction of sp³-hybridized carbons (Fsp3) is 0.0435. The lowest BCUT2D eigenvalue weighted by molar-refractivity contribution is -0.115. The molecule has 3 aromatic carbocycles. The van der Waals surface area contributed by atoms with E-state index in [1.807, 2.05) is 66.9 Å². The normalized spacial score (nSPS) is 17.1. The third kappa shape index (κ3) is 3.28. The molecule has 1 aliphatic heterocycles. The molecule has 0 spiro atoms. The molecular weight excluding hydrogens is 382 g/mol. The number of aromatic amines is 1. The first-order valence-corrected chi connectivity index (χ1v) is 9.95. The van der Waals surface area contributed by atoms with Gasteiger partial charge in [0.05, 0.1) is 12.8 Å². The van der Waals surface area contributed by atoms with Gasteiger partial charge >= 0.3 is 0 Å². The summed E-state index contributed by atoms with van der Waals surface area (Å²) in [6.07, 6.45) is 1.89. The number of thioether (sulfide) groups is 1. The Morgan fingerprint density at radius 3 is 2.69 bits per heavy atom. The maximum absolute atomic E-state index is 12.6. The zero-order valence-corrected chi connectivity index (χ0v) is 16.4. The summed E-state index contributed by atoms with van der Waals surface area (Å²) in [6, 6.07) is 22.0. The molecule has 1 saturated heterocycles. The van der Waals surface area contributed by atoms with Gasteiger partial charge in [0.1, 0.15) is 10.7 Å². The fourth-order valence-corrected chi connectivity index (χ4v) is 4.35. The van der Waals surface area contributed by atoms with Gasteiger partial charge in [0.25, 0.3) is 5.91 Å². The minimum absolute atomic E-state index is 0.207. The van der Waals surface area contributed by atoms with Crippen molar-refractivity contribution >= 4 is 56.0 Å². The monoisotopic (exact) mass is 399 g/mol. The van der Waals surface area contributed by atoms with Crippen molar-refractivity contribution in [1.29, 1.82) is 0 Å². The molecule has 0 unspecified atom stereocenters. The molecule has 0 aliphatic carbocycles. The molecule has 5 nitrogen and oxygen atoms in total. The number of ether oxygens (including phenoxy) is 1. The average Bonchev–Trinajstić information content (AvgIpc) is 3.35. The number of aliphatic imine (C=N–C) groups is 1. The largest absolute Gasteiger partial charge is 0.495 e. The summed E-state index contributed by atoms with van der Waals surface area (Å²) in [6.45, 7) is 0. The van der Waals surface area contributed by atoms with E-state index in [9.17, 15) is 4.79 Å². The molecule has 29 heavy (non-hydrogen) atoms. The molecule has 1 amide bonds. The van der Waals surface area contributed by atoms with Crippen LogP contribution in [0.4, 0.5) is 5.69 Å². The number of hydrogen-bond acceptors (Lipinski definition) is 4. The maximum Gasteiger partial charge on any atom is 0.267 e. The Hall–Kier alpha value is -3.51. The number of carbonyl (C=O) groups is 1. The maximum atomic E-state index is 12.6. The predicted octanol–water partition coefficient (Wildman–Crippen LogP) is 5.19. The fourth-order valence-electron chi connectivity index (χ4n) is 3.42. The highest BCUT2D eigenvalue weighted by Crippen LogP contribution is 2.34. The third-order valence-electron chi connectivity index (χ3n) is 4.81. The van der Waals surface area contributed by atoms with Crippen molar-refractivity contribution in [2.75, 3.05) is 7.11 Å². The number of aromatic nitrogens is 1. The predicted molar refractivity (Wildman–Crippen MR) is 119 cm³/mol. The number of nitrogens with one attached hydrogen (secondary N) is 2. The number of H-pyrrole nitrogens is 1. The van der Waals surface area contributed by atoms with Gasteiger partial charge in [-0.25, -0.2) is 4.99 Å². The molecule has 2 N–H and O–H groups in total. The molecule has 0 bridgehead atoms. The molecule has 142 valence electrons. The highest BCUT2D eigenvalue weighted by Gasteiger charge is 2.29. The number of amides is 1. The van der Waals surface area contributed by atoms with Gasteiger partial charge in [-0.05, 0) is 52.9 Å². The van der Waals surface area contributed by atoms with Crippen LogP contribution in [0.15, 0.2) is 82.8 Å². The first-order chi connectivity index (χ1) is 14.2. The molecule has 1 fully saturated rings. The molecule has 2 heterocycles. The van der Waals surface area contributed by atoms with Crippen molar-refractivity contribution in [2.24, 2.45) is 4.99 Å². The number of benzene rings is 3. The topological polar surface area (TPSA) is 66.5 Å². The van der Waals surface area contributed by atoms with Crippen molar-refractivity contribution in [1.82, 2.24) is 10.3 Å². The summed E-state index contributed by atoms with van der Waals surface area (Å²) in [4.78, 5) is 20.9. The number of amidine groups is 1. The average molecular weight is 399 g/mol. The molecule has 1 aromatic heterocycles. The minimum atomic E-state index is -0.207. The smallest absolute Gasteiger partial charge is 0.267 e. The van der Waals surface area contributed by atoms with Crippen molar-refractivity contribution in [2.45, 2.75) is 0 Å². The van der Waals surface area contributed by atoms with Gasteiger partial charge in [0, 0.05) is 22.7 Å². The van der Waals surface area contributed by atoms with E-state index >= 15 is 0 Å². The summed E-state index contributed by atoms with van der Waals surface area (Å²) in [5.74, 6) is 0.339. The highest BCUT2D eigenvalue weighted by atomic mass is 32.2. The van der Waals surface area contributed by atoms with Gasteiger partial charge < -0.3 is 15.0 Å². The first-order valence-electron chi connectivity index (χ1n) is 9.14. The van der Waals surface area contributed by atoms with Crippen molar-refractivity contribution in [3.05, 3.63) is 83.4 Å². The van der Waals surface area contributed by atoms with E-state index in [0.717, 1.165) is 32.9 Å². The van der Waals surface area contributed by atoms with Crippen LogP contribution in [0.2, 0.25) is 0 Å². The second-order valence-electron chi connectivity index (χ2n) is 6.65. The van der Waals surface area contributed by atoms with Crippen LogP contribution < -0.4 is 5.32 Å². The lowest BCUT2D eigenvalue weighted by atomic mass is 10.1. The Bertz CT molecular complexity index is 1320. The standard InChI is InChI=1S/C23H17N3O2S/c1-28-20(17-7-6-14-4-2-3-5-15(14)12-17)21-22(27)26-23(29-21)25-18-8-9-19-16(13-18)10-11-24-19/h2-13,24H,1H3,(H,25,26,27). The van der Waals surface area contributed by atoms with Crippen LogP contribution >= 0.6 is 11.8 Å². The third-order valence-corrected chi connectivity index (χ3v) is 5.78. The summed E-state index contributed by atoms with van der Waals surface area (Å²) < 4.78 is 5.62. The van der Waals surface area contributed by atoms with Gasteiger partial charge in [-0.15, -0.1) is 0 Å². The molecular formula is C23H17N3O2S. The number of hydrogen-bond donors (Lipinski definition) is 2. The SMILES string of the molecule is COC(=C1SC(=Nc2ccc3[nH]ccc3c2)NC1=O)c1ccc2ccccc2c1. The lowest BCUT2D eigenvalue weighted by Gasteiger charge is -2.09. The summed E-state index contributed by atoms with van der Waals surface area (Å²) in [7, 11) is 1.58. The molecule has 0 atom stereocenters. The van der Waals surface area contributed by atoms with Gasteiger partial charge in [-0.2, -0.15) is 0 Å². The van der Waals surface area contributed by atoms with Crippen LogP contribution in [-0.2, 0) is 9.53 Å². The number of carbonyl (C=O) groups excluding carboxylic acids is 1. The van der Waals surface area contributed by atoms with Gasteiger partial charge in [0.2, 0.25) is 0 Å². The van der Waals surface area contributed by atoms with E-state index in [2.05, 4.69) is 21.4 Å². The van der Waals surface area contributed by atoms with E-state index in [1.54, 1.807) is 7.11 Å². The number of fused-ring (bicyclic) bond motifs is 2. The second kappa shape index (κ2) is 7.14. The van der Waals surface area contributed by atoms with E-state index in [4.69, 9.17) is 4.74 Å². The van der Waals surface area contributed by atoms with E-state index in [0.29, 0.717) is 15.8 Å². The first kappa shape index (κ1) is 17.6. The number of methoxy groups -OCH3 is 1. The number of rotatable bonds is 3. The van der Waals surface area contributed by atoms with Crippen molar-refractivity contribution in [3.8, 4) is 0 Å². The zero-order valence-electron chi connectivity index (χ0n) is 15.6. The van der Waals surface area contributed by atoms with Gasteiger partial charge in [-0.3, -0.25) is 4.79 Å². The lowest BCUT2D eigenvalue weighted by Crippen LogP contribution is -2.19. The molecule has 6 heteroatoms. The Kier molecular flexibility index (Phi) is 4.33. The van der Waals surface area contributed by atoms with E-state index in [-0.39, 0.29) is 5.91 Å². The minimum Gasteiger partial charge on any atom is -0.495 e. The van der Waals surface area contributed by atoms with Crippen LogP contribution in [0.5, 0.6) is 0 Å². The van der Waals surface area contributed by atoms with Crippen LogP contribution in [0, 0.1) is 0 Å². The van der Waals surface area contributed by atoms with Gasteiger partial charge in [0.15, 0.2) is 5.17 Å². The van der Waals surface area contributed by atoms with Crippen molar-refractivity contribution < 1.29 is 9.53 Å². The Morgan fingerprint density at radius 1 is 0.966 bits per heavy atom. The van der Waals surface area contributed by atoms with Crippen LogP contribution in [0.3, 0.4) is 0 Å². The van der Waals surface area contributed by atoms with Crippen LogP contribution in [-0.4, -0.2) is 23.2 Å². The molecule has 5 rings (SSSR count). The van der Waals surface area contributed by atoms with E-state index < -0.39 is 0 Å². The Morgan fingerprint density at radius 2 is 1.83 bits per heavy atom. The van der Waals surface area contributed by atoms with Crippen molar-refractivity contribution in [3.63, 3.8) is 0 Å². The van der Waals surface area contributed by atoms with Crippen LogP contribution in [0.1, 0.15) is 5.56 Å². The van der Waals surface area contributed by atoms with E-state index in [1.165, 1.54) is 11.8 Å². The van der Waals surface area contributed by atoms with Crippen LogP contribution in [0.25, 0.3) is 27.4 Å². The quantitative estimate of drug-likeness (QED) is 0.368. The summed E-state index contributed by atoms with van der Waals surface area (Å²) >= 11 is 1.29. The number of nitrogens with zero attached hydrogens (tertiary/aromatic N) is 1. The highest BCUT2D eigenvalue weighted by molar-refractivity contribution is 8.18. The molecule has 1 aliphatic rings. The zero-order chi connectivity index (χ0) is 19.8. The van der Waals surface area contributed by atoms with Gasteiger partial charge in [-0.1, -0.05) is 36.4 Å². The summed E-state index contributed by atoms with van der Waals surface area (Å²) in [5, 5.41) is 6.69. The second-order valence-corrected chi connectivity index (χ2v) is 7.65. The molecule has 0 saturated carbocycles. The Labute approximate surface area is 171 Å². The Balaban J connectivity index is 1.51. The molecule has 4 aromatic rings. The summed E-state index contributed by atoms with van der Waals surface area (Å²) in [5.41, 5.74) is 2.69. The molecule has 0 radical (unpaired) electrons.